The summed E-state index contributed by atoms with van der Waals surface area (Å²) < 4.78 is 32.1. The van der Waals surface area contributed by atoms with E-state index >= 15 is 0 Å². The molecule has 0 spiro atoms. The van der Waals surface area contributed by atoms with Crippen LogP contribution in [0.2, 0.25) is 0 Å². The molecule has 1 unspecified atom stereocenters. The second-order valence-corrected chi connectivity index (χ2v) is 10.5. The van der Waals surface area contributed by atoms with Gasteiger partial charge in [-0.05, 0) is 50.2 Å². The van der Waals surface area contributed by atoms with Gasteiger partial charge in [-0.25, -0.2) is 4.68 Å². The number of benzene rings is 1. The molecule has 2 aromatic rings. The largest absolute Gasteiger partial charge is 0.486 e. The van der Waals surface area contributed by atoms with Crippen molar-refractivity contribution < 1.29 is 42.9 Å². The first-order valence-corrected chi connectivity index (χ1v) is 14.0. The predicted octanol–water partition coefficient (Wildman–Crippen LogP) is 3.10. The van der Waals surface area contributed by atoms with Crippen molar-refractivity contribution in [1.29, 1.82) is 0 Å². The number of aryl methyl sites for hydroxylation is 1. The zero-order valence-electron chi connectivity index (χ0n) is 24.8. The topological polar surface area (TPSA) is 149 Å². The van der Waals surface area contributed by atoms with E-state index in [9.17, 15) is 19.2 Å². The molecule has 1 fully saturated rings. The molecule has 1 aromatic heterocycles. The average Bonchev–Trinajstić information content (AvgIpc) is 3.23. The van der Waals surface area contributed by atoms with E-state index in [-0.39, 0.29) is 24.0 Å². The molecule has 2 heterocycles. The number of carbonyl (C=O) groups excluding carboxylic acids is 4. The van der Waals surface area contributed by atoms with Crippen molar-refractivity contribution in [3.8, 4) is 5.75 Å². The first-order chi connectivity index (χ1) is 19.8. The number of hydrogen-bond donors (Lipinski definition) is 1. The van der Waals surface area contributed by atoms with Gasteiger partial charge in [-0.15, -0.1) is 0 Å². The van der Waals surface area contributed by atoms with Crippen LogP contribution in [0.1, 0.15) is 71.6 Å². The van der Waals surface area contributed by atoms with Crippen LogP contribution in [0.25, 0.3) is 0 Å². The Bertz CT molecular complexity index is 1360. The second kappa shape index (κ2) is 14.4. The van der Waals surface area contributed by atoms with Crippen LogP contribution in [0.15, 0.2) is 24.3 Å². The van der Waals surface area contributed by atoms with E-state index < -0.39 is 54.4 Å². The standard InChI is InChI=1S/C28H38N4O9S/c1-8-16(3)31-23(14-38-21-11-9-10-15(2)12-21)30-32(28(31)42)27-24(29-17(4)33)26(40-20(7)36)25(39-19(6)35)22(41-27)13-37-18(5)34/h9-12,16,22,24-27H,8,13-14H2,1-7H3,(H,29,33)/t16?,22-,24-,25-,26-,27-/m1/s1. The Kier molecular flexibility index (Phi) is 11.2. The van der Waals surface area contributed by atoms with Gasteiger partial charge in [0.2, 0.25) is 10.7 Å². The molecule has 13 nitrogen and oxygen atoms in total. The van der Waals surface area contributed by atoms with Crippen molar-refractivity contribution in [3.05, 3.63) is 40.4 Å². The first kappa shape index (κ1) is 32.7. The zero-order chi connectivity index (χ0) is 31.1. The van der Waals surface area contributed by atoms with E-state index in [1.54, 1.807) is 0 Å². The number of hydrogen-bond acceptors (Lipinski definition) is 11. The Balaban J connectivity index is 2.14. The molecule has 3 rings (SSSR count). The lowest BCUT2D eigenvalue weighted by Gasteiger charge is -2.45. The van der Waals surface area contributed by atoms with Gasteiger partial charge in [0.25, 0.3) is 0 Å². The number of nitrogens with zero attached hydrogens (tertiary/aromatic N) is 3. The highest BCUT2D eigenvalue weighted by atomic mass is 32.1. The van der Waals surface area contributed by atoms with E-state index in [0.29, 0.717) is 11.6 Å². The van der Waals surface area contributed by atoms with Crippen LogP contribution in [0, 0.1) is 11.7 Å². The summed E-state index contributed by atoms with van der Waals surface area (Å²) in [6.45, 7) is 10.5. The highest BCUT2D eigenvalue weighted by Crippen LogP contribution is 2.33. The summed E-state index contributed by atoms with van der Waals surface area (Å²) in [6, 6.07) is 6.40. The van der Waals surface area contributed by atoms with E-state index in [4.69, 9.17) is 41.0 Å². The number of esters is 3. The molecule has 6 atom stereocenters. The van der Waals surface area contributed by atoms with E-state index in [1.807, 2.05) is 49.6 Å². The SMILES string of the molecule is CCC(C)n1c(COc2cccc(C)c2)nn([C@@H]2O[C@H](COC(C)=O)[C@@H](OC(C)=O)[C@H](OC(C)=O)[C@H]2NC(C)=O)c1=S. The summed E-state index contributed by atoms with van der Waals surface area (Å²) in [5.41, 5.74) is 1.03. The van der Waals surface area contributed by atoms with Crippen molar-refractivity contribution in [3.63, 3.8) is 0 Å². The van der Waals surface area contributed by atoms with Gasteiger partial charge in [0.15, 0.2) is 24.3 Å². The van der Waals surface area contributed by atoms with Gasteiger partial charge >= 0.3 is 17.9 Å². The minimum Gasteiger partial charge on any atom is -0.486 e. The summed E-state index contributed by atoms with van der Waals surface area (Å²) >= 11 is 5.86. The highest BCUT2D eigenvalue weighted by Gasteiger charge is 2.52. The van der Waals surface area contributed by atoms with Crippen LogP contribution in [0.4, 0.5) is 0 Å². The molecular formula is C28H38N4O9S. The number of ether oxygens (including phenoxy) is 5. The van der Waals surface area contributed by atoms with Crippen molar-refractivity contribution >= 4 is 36.0 Å². The van der Waals surface area contributed by atoms with E-state index in [2.05, 4.69) is 5.32 Å². The normalized spacial score (nSPS) is 22.5. The first-order valence-electron chi connectivity index (χ1n) is 13.6. The molecule has 14 heteroatoms. The van der Waals surface area contributed by atoms with Gasteiger partial charge in [0.1, 0.15) is 31.1 Å². The Morgan fingerprint density at radius 2 is 1.74 bits per heavy atom. The predicted molar refractivity (Wildman–Crippen MR) is 151 cm³/mol. The minimum absolute atomic E-state index is 0.0717. The third-order valence-corrected chi connectivity index (χ3v) is 7.01. The maximum absolute atomic E-state index is 12.4. The van der Waals surface area contributed by atoms with Gasteiger partial charge < -0.3 is 29.0 Å². The van der Waals surface area contributed by atoms with Gasteiger partial charge in [0.05, 0.1) is 0 Å². The van der Waals surface area contributed by atoms with Gasteiger partial charge in [-0.1, -0.05) is 19.1 Å². The molecule has 1 aliphatic rings. The van der Waals surface area contributed by atoms with Crippen molar-refractivity contribution in [2.45, 2.75) is 98.1 Å². The van der Waals surface area contributed by atoms with Crippen molar-refractivity contribution in [2.24, 2.45) is 0 Å². The number of amides is 1. The molecule has 230 valence electrons. The molecule has 0 bridgehead atoms. The van der Waals surface area contributed by atoms with Gasteiger partial charge in [0, 0.05) is 33.7 Å². The Hall–Kier alpha value is -3.78. The molecule has 42 heavy (non-hydrogen) atoms. The fourth-order valence-corrected chi connectivity index (χ4v) is 5.13. The maximum atomic E-state index is 12.4. The average molecular weight is 607 g/mol. The molecule has 1 N–H and O–H groups in total. The fraction of sp³-hybridized carbons (Fsp3) is 0.571. The zero-order valence-corrected chi connectivity index (χ0v) is 25.6. The van der Waals surface area contributed by atoms with Crippen LogP contribution < -0.4 is 10.1 Å². The van der Waals surface area contributed by atoms with Crippen LogP contribution >= 0.6 is 12.2 Å². The van der Waals surface area contributed by atoms with Crippen molar-refractivity contribution in [2.75, 3.05) is 6.61 Å². The lowest BCUT2D eigenvalue weighted by atomic mass is 9.95. The third kappa shape index (κ3) is 8.16. The highest BCUT2D eigenvalue weighted by molar-refractivity contribution is 7.71. The molecule has 1 aromatic carbocycles. The lowest BCUT2D eigenvalue weighted by Crippen LogP contribution is -2.64. The van der Waals surface area contributed by atoms with Crippen LogP contribution in [0.5, 0.6) is 5.75 Å². The third-order valence-electron chi connectivity index (χ3n) is 6.62. The lowest BCUT2D eigenvalue weighted by molar-refractivity contribution is -0.239. The number of aromatic nitrogens is 3. The summed E-state index contributed by atoms with van der Waals surface area (Å²) in [7, 11) is 0. The van der Waals surface area contributed by atoms with Crippen LogP contribution in [-0.2, 0) is 44.7 Å². The second-order valence-electron chi connectivity index (χ2n) is 10.1. The molecule has 0 saturated carbocycles. The number of carbonyl (C=O) groups is 4. The minimum atomic E-state index is -1.24. The van der Waals surface area contributed by atoms with E-state index in [1.165, 1.54) is 32.4 Å². The molecule has 0 radical (unpaired) electrons. The summed E-state index contributed by atoms with van der Waals surface area (Å²) in [5, 5.41) is 7.49. The molecule has 1 saturated heterocycles. The molecular weight excluding hydrogens is 568 g/mol. The Morgan fingerprint density at radius 3 is 2.31 bits per heavy atom. The van der Waals surface area contributed by atoms with Crippen LogP contribution in [0.3, 0.4) is 0 Å². The smallest absolute Gasteiger partial charge is 0.303 e. The number of rotatable bonds is 11. The van der Waals surface area contributed by atoms with Crippen LogP contribution in [-0.4, -0.2) is 69.1 Å². The molecule has 0 aliphatic carbocycles. The Labute approximate surface area is 249 Å². The monoisotopic (exact) mass is 606 g/mol. The summed E-state index contributed by atoms with van der Waals surface area (Å²) in [5.74, 6) is -1.32. The summed E-state index contributed by atoms with van der Waals surface area (Å²) in [6.07, 6.45) is -4.00. The summed E-state index contributed by atoms with van der Waals surface area (Å²) in [4.78, 5) is 48.3. The van der Waals surface area contributed by atoms with Gasteiger partial charge in [-0.2, -0.15) is 5.10 Å². The van der Waals surface area contributed by atoms with E-state index in [0.717, 1.165) is 12.0 Å². The van der Waals surface area contributed by atoms with Crippen molar-refractivity contribution in [1.82, 2.24) is 19.7 Å². The van der Waals surface area contributed by atoms with Gasteiger partial charge in [-0.3, -0.25) is 23.7 Å². The Morgan fingerprint density at radius 1 is 1.07 bits per heavy atom. The molecule has 1 aliphatic heterocycles. The fourth-order valence-electron chi connectivity index (χ4n) is 4.70. The number of nitrogens with one attached hydrogen (secondary N) is 1. The quantitative estimate of drug-likeness (QED) is 0.228. The maximum Gasteiger partial charge on any atom is 0.303 e. The molecule has 1 amide bonds.